The summed E-state index contributed by atoms with van der Waals surface area (Å²) < 4.78 is 0. The van der Waals surface area contributed by atoms with Crippen molar-refractivity contribution in [2.45, 2.75) is 38.8 Å². The maximum Gasteiger partial charge on any atom is 0.241 e. The smallest absolute Gasteiger partial charge is 0.241 e. The fourth-order valence-electron chi connectivity index (χ4n) is 2.14. The number of hydrogen-bond acceptors (Lipinski definition) is 4. The van der Waals surface area contributed by atoms with E-state index in [-0.39, 0.29) is 11.8 Å². The molecule has 0 bridgehead atoms. The van der Waals surface area contributed by atoms with Gasteiger partial charge < -0.3 is 0 Å². The minimum atomic E-state index is -0.220. The molecule has 0 fully saturated rings. The Hall–Kier alpha value is -1.04. The van der Waals surface area contributed by atoms with Crippen molar-refractivity contribution in [2.75, 3.05) is 19.1 Å². The second kappa shape index (κ2) is 9.07. The van der Waals surface area contributed by atoms with E-state index in [1.807, 2.05) is 30.8 Å². The zero-order valence-corrected chi connectivity index (χ0v) is 14.2. The number of nitrogens with zero attached hydrogens (tertiary/aromatic N) is 1. The van der Waals surface area contributed by atoms with E-state index in [4.69, 9.17) is 5.84 Å². The Kier molecular flexibility index (Phi) is 7.78. The molecule has 4 nitrogen and oxygen atoms in total. The van der Waals surface area contributed by atoms with Crippen LogP contribution in [0.25, 0.3) is 0 Å². The Bertz CT molecular complexity index is 436. The van der Waals surface area contributed by atoms with Gasteiger partial charge in [0.15, 0.2) is 0 Å². The van der Waals surface area contributed by atoms with Crippen molar-refractivity contribution in [2.24, 2.45) is 5.84 Å². The Labute approximate surface area is 132 Å². The average molecular weight is 309 g/mol. The summed E-state index contributed by atoms with van der Waals surface area (Å²) in [4.78, 5) is 13.9. The van der Waals surface area contributed by atoms with Gasteiger partial charge in [-0.15, -0.1) is 0 Å². The van der Waals surface area contributed by atoms with E-state index in [2.05, 4.69) is 42.7 Å². The highest BCUT2D eigenvalue weighted by Gasteiger charge is 2.14. The maximum atomic E-state index is 11.5. The molecule has 3 N–H and O–H groups in total. The number of thioether (sulfide) groups is 1. The Morgan fingerprint density at radius 2 is 1.95 bits per heavy atom. The van der Waals surface area contributed by atoms with Gasteiger partial charge in [0.25, 0.3) is 0 Å². The molecule has 0 aliphatic carbocycles. The van der Waals surface area contributed by atoms with Gasteiger partial charge >= 0.3 is 0 Å². The van der Waals surface area contributed by atoms with Crippen molar-refractivity contribution in [1.82, 2.24) is 10.3 Å². The third-order valence-corrected chi connectivity index (χ3v) is 4.58. The van der Waals surface area contributed by atoms with Crippen LogP contribution in [0.2, 0.25) is 0 Å². The summed E-state index contributed by atoms with van der Waals surface area (Å²) >= 11 is 1.89. The highest BCUT2D eigenvalue weighted by Crippen LogP contribution is 2.17. The summed E-state index contributed by atoms with van der Waals surface area (Å²) in [5.41, 5.74) is 4.44. The third kappa shape index (κ3) is 5.69. The first kappa shape index (κ1) is 18.0. The van der Waals surface area contributed by atoms with Gasteiger partial charge in [0.1, 0.15) is 0 Å². The number of rotatable bonds is 8. The maximum absolute atomic E-state index is 11.5. The largest absolute Gasteiger partial charge is 0.299 e. The van der Waals surface area contributed by atoms with Crippen LogP contribution in [-0.4, -0.2) is 35.9 Å². The minimum absolute atomic E-state index is 0.162. The van der Waals surface area contributed by atoms with Crippen LogP contribution in [0.5, 0.6) is 0 Å². The highest BCUT2D eigenvalue weighted by atomic mass is 32.2. The van der Waals surface area contributed by atoms with Crippen LogP contribution in [-0.2, 0) is 11.3 Å². The summed E-state index contributed by atoms with van der Waals surface area (Å²) in [6.07, 6.45) is 3.34. The van der Waals surface area contributed by atoms with Crippen molar-refractivity contribution < 1.29 is 4.79 Å². The van der Waals surface area contributed by atoms with Gasteiger partial charge in [0.2, 0.25) is 5.91 Å². The van der Waals surface area contributed by atoms with Gasteiger partial charge in [-0.1, -0.05) is 24.3 Å². The quantitative estimate of drug-likeness (QED) is 0.440. The second-order valence-corrected chi connectivity index (χ2v) is 6.50. The van der Waals surface area contributed by atoms with Gasteiger partial charge in [-0.2, -0.15) is 11.8 Å². The Morgan fingerprint density at radius 1 is 1.33 bits per heavy atom. The molecule has 2 atom stereocenters. The predicted molar refractivity (Wildman–Crippen MR) is 91.1 cm³/mol. The van der Waals surface area contributed by atoms with E-state index < -0.39 is 0 Å². The number of carbonyl (C=O) groups is 1. The van der Waals surface area contributed by atoms with Gasteiger partial charge in [-0.05, 0) is 50.5 Å². The molecule has 0 heterocycles. The second-order valence-electron chi connectivity index (χ2n) is 5.52. The van der Waals surface area contributed by atoms with Crippen LogP contribution >= 0.6 is 11.8 Å². The number of nitrogens with one attached hydrogen (secondary N) is 1. The van der Waals surface area contributed by atoms with Crippen LogP contribution in [0.1, 0.15) is 37.3 Å². The number of amides is 1. The molecule has 21 heavy (non-hydrogen) atoms. The van der Waals surface area contributed by atoms with Crippen molar-refractivity contribution >= 4 is 17.7 Å². The lowest BCUT2D eigenvalue weighted by Crippen LogP contribution is -2.33. The topological polar surface area (TPSA) is 58.4 Å². The zero-order valence-electron chi connectivity index (χ0n) is 13.4. The van der Waals surface area contributed by atoms with E-state index in [1.54, 1.807) is 0 Å². The predicted octanol–water partition coefficient (Wildman–Crippen LogP) is 2.35. The van der Waals surface area contributed by atoms with Crippen molar-refractivity contribution in [3.8, 4) is 0 Å². The molecule has 5 heteroatoms. The molecular weight excluding hydrogens is 282 g/mol. The summed E-state index contributed by atoms with van der Waals surface area (Å²) in [6.45, 7) is 5.04. The van der Waals surface area contributed by atoms with Crippen molar-refractivity contribution in [3.05, 3.63) is 35.4 Å². The number of nitrogens with two attached hydrogens (primary N) is 1. The standard InChI is InChI=1S/C16H27N3OS/c1-12(9-10-21-4)19(3)11-14-5-7-15(8-6-14)13(2)16(20)18-17/h5-8,12-13H,9-11,17H2,1-4H3,(H,18,20). The van der Waals surface area contributed by atoms with Crippen LogP contribution in [0.4, 0.5) is 0 Å². The Morgan fingerprint density at radius 3 is 2.48 bits per heavy atom. The lowest BCUT2D eigenvalue weighted by Gasteiger charge is -2.24. The first-order chi connectivity index (χ1) is 9.99. The average Bonchev–Trinajstić information content (AvgIpc) is 2.51. The molecule has 0 aromatic heterocycles. The number of hydrogen-bond donors (Lipinski definition) is 2. The summed E-state index contributed by atoms with van der Waals surface area (Å²) in [7, 11) is 2.16. The zero-order chi connectivity index (χ0) is 15.8. The molecule has 2 unspecified atom stereocenters. The molecule has 0 saturated carbocycles. The van der Waals surface area contributed by atoms with Gasteiger partial charge in [0.05, 0.1) is 5.92 Å². The molecule has 0 spiro atoms. The number of hydrazine groups is 1. The molecule has 1 aromatic rings. The molecule has 0 aliphatic rings. The molecule has 1 aromatic carbocycles. The fourth-order valence-corrected chi connectivity index (χ4v) is 2.72. The lowest BCUT2D eigenvalue weighted by molar-refractivity contribution is -0.122. The molecule has 1 rings (SSSR count). The normalized spacial score (nSPS) is 14.0. The minimum Gasteiger partial charge on any atom is -0.299 e. The van der Waals surface area contributed by atoms with E-state index >= 15 is 0 Å². The number of carbonyl (C=O) groups excluding carboxylic acids is 1. The first-order valence-corrected chi connectivity index (χ1v) is 8.67. The summed E-state index contributed by atoms with van der Waals surface area (Å²) in [5.74, 6) is 5.98. The molecule has 1 amide bonds. The van der Waals surface area contributed by atoms with Gasteiger partial charge in [-0.25, -0.2) is 5.84 Å². The van der Waals surface area contributed by atoms with E-state index in [9.17, 15) is 4.79 Å². The van der Waals surface area contributed by atoms with E-state index in [1.165, 1.54) is 17.7 Å². The van der Waals surface area contributed by atoms with Crippen molar-refractivity contribution in [3.63, 3.8) is 0 Å². The van der Waals surface area contributed by atoms with Crippen LogP contribution in [0, 0.1) is 0 Å². The SMILES string of the molecule is CSCCC(C)N(C)Cc1ccc(C(C)C(=O)NN)cc1. The summed E-state index contributed by atoms with van der Waals surface area (Å²) in [5, 5.41) is 0. The van der Waals surface area contributed by atoms with Gasteiger partial charge in [-0.3, -0.25) is 15.1 Å². The van der Waals surface area contributed by atoms with Gasteiger partial charge in [0, 0.05) is 12.6 Å². The molecule has 0 radical (unpaired) electrons. The molecule has 0 aliphatic heterocycles. The number of benzene rings is 1. The molecule has 0 saturated heterocycles. The third-order valence-electron chi connectivity index (χ3n) is 3.94. The lowest BCUT2D eigenvalue weighted by atomic mass is 9.99. The monoisotopic (exact) mass is 309 g/mol. The molecular formula is C16H27N3OS. The van der Waals surface area contributed by atoms with E-state index in [0.717, 1.165) is 12.1 Å². The molecule has 118 valence electrons. The van der Waals surface area contributed by atoms with Crippen LogP contribution < -0.4 is 11.3 Å². The van der Waals surface area contributed by atoms with Crippen LogP contribution in [0.15, 0.2) is 24.3 Å². The van der Waals surface area contributed by atoms with Crippen molar-refractivity contribution in [1.29, 1.82) is 0 Å². The highest BCUT2D eigenvalue weighted by molar-refractivity contribution is 7.98. The fraction of sp³-hybridized carbons (Fsp3) is 0.562. The first-order valence-electron chi connectivity index (χ1n) is 7.28. The Balaban J connectivity index is 2.60. The van der Waals surface area contributed by atoms with Crippen LogP contribution in [0.3, 0.4) is 0 Å². The van der Waals surface area contributed by atoms with E-state index in [0.29, 0.717) is 6.04 Å². The summed E-state index contributed by atoms with van der Waals surface area (Å²) in [6, 6.07) is 8.77.